The summed E-state index contributed by atoms with van der Waals surface area (Å²) in [6.07, 6.45) is 17.4. The van der Waals surface area contributed by atoms with E-state index in [0.29, 0.717) is 47.8 Å². The number of terminal acetylenes is 3. The van der Waals surface area contributed by atoms with Gasteiger partial charge in [-0.2, -0.15) is 0 Å². The molecule has 0 aliphatic heterocycles. The number of hydrogen-bond acceptors (Lipinski definition) is 7. The molecule has 7 nitrogen and oxygen atoms in total. The van der Waals surface area contributed by atoms with Gasteiger partial charge in [0.1, 0.15) is 23.0 Å². The van der Waals surface area contributed by atoms with Gasteiger partial charge in [-0.25, -0.2) is 9.13 Å². The molecule has 0 saturated carbocycles. The van der Waals surface area contributed by atoms with Gasteiger partial charge in [0.15, 0.2) is 0 Å². The summed E-state index contributed by atoms with van der Waals surface area (Å²) in [4.78, 5) is 0. The molecule has 0 spiro atoms. The maximum atomic E-state index is 14.3. The molecule has 0 amide bonds. The number of hydrogen-bond donors (Lipinski definition) is 1. The summed E-state index contributed by atoms with van der Waals surface area (Å²) in [6, 6.07) is 51.4. The first-order chi connectivity index (χ1) is 33.9. The van der Waals surface area contributed by atoms with Crippen LogP contribution in [-0.2, 0) is 51.4 Å². The summed E-state index contributed by atoms with van der Waals surface area (Å²) >= 11 is 11.0. The van der Waals surface area contributed by atoms with Crippen molar-refractivity contribution >= 4 is 43.6 Å². The molecule has 366 valence electrons. The van der Waals surface area contributed by atoms with Crippen molar-refractivity contribution in [2.75, 3.05) is 0 Å². The van der Waals surface area contributed by atoms with Gasteiger partial charge in [0.25, 0.3) is 5.85 Å². The van der Waals surface area contributed by atoms with Crippen molar-refractivity contribution in [1.29, 1.82) is 0 Å². The van der Waals surface area contributed by atoms with Crippen LogP contribution in [0.15, 0.2) is 170 Å². The second-order valence-electron chi connectivity index (χ2n) is 16.1. The minimum absolute atomic E-state index is 0.132. The van der Waals surface area contributed by atoms with Gasteiger partial charge in [0.2, 0.25) is 0 Å². The highest BCUT2D eigenvalue weighted by Gasteiger charge is 2.31. The molecule has 0 radical (unpaired) electrons. The minimum Gasteiger partial charge on any atom is -0.508 e. The fraction of sp³-hybridized carbons (Fsp3) is 0.172. The average molecular weight is 1050 g/mol. The second-order valence-corrected chi connectivity index (χ2v) is 24.9. The van der Waals surface area contributed by atoms with Crippen molar-refractivity contribution in [3.05, 3.63) is 225 Å². The molecule has 1 atom stereocenters. The summed E-state index contributed by atoms with van der Waals surface area (Å²) in [6.45, 7) is 7.48. The predicted molar refractivity (Wildman–Crippen MR) is 292 cm³/mol. The van der Waals surface area contributed by atoms with E-state index in [1.54, 1.807) is 55.5 Å². The maximum Gasteiger partial charge on any atom is 0.435 e. The van der Waals surface area contributed by atoms with Crippen molar-refractivity contribution < 1.29 is 36.6 Å². The number of benzene rings is 7. The summed E-state index contributed by atoms with van der Waals surface area (Å²) in [5.74, 6) is 6.42. The lowest BCUT2D eigenvalue weighted by Crippen LogP contribution is -2.07. The molecule has 0 fully saturated rings. The molecule has 1 unspecified atom stereocenters. The zero-order valence-electron chi connectivity index (χ0n) is 40.0. The van der Waals surface area contributed by atoms with Crippen LogP contribution in [0.3, 0.4) is 0 Å². The first-order valence-corrected chi connectivity index (χ1v) is 29.4. The standard InChI is InChI=1S/C24H23O3P.C17H16FO2P.C10H9Cl2OP.C7H8O/c1-4-11-21-14-7-8-15-22(21)18-28(25,26-23-16-9-5-12-19(23)2)27-24-17-10-6-13-20(24)3;1-3-8-15-10-5-6-11-16(15)13-21(18,19)20-17-12-7-4-9-14(17)2;1-2-5-9-6-3-4-7-10(9)8-14(11,12)13;1-6-4-2-3-5-7(6)8/h1,5-10,12-17H,11,18H2,2-3H3;1,4-7,9-12H,8,13H2,2H3;1,3-4,6-7H,5,8H2;2-5,8H,1H3. The first kappa shape index (κ1) is 57.2. The van der Waals surface area contributed by atoms with Gasteiger partial charge < -0.3 is 18.7 Å². The molecule has 1 N–H and O–H groups in total. The van der Waals surface area contributed by atoms with Crippen molar-refractivity contribution in [3.8, 4) is 60.0 Å². The Labute approximate surface area is 428 Å². The van der Waals surface area contributed by atoms with Gasteiger partial charge in [0.05, 0.1) is 18.5 Å². The summed E-state index contributed by atoms with van der Waals surface area (Å²) < 4.78 is 68.7. The Hall–Kier alpha value is -6.38. The lowest BCUT2D eigenvalue weighted by Gasteiger charge is -2.23. The molecule has 7 aromatic carbocycles. The van der Waals surface area contributed by atoms with Gasteiger partial charge in [-0.1, -0.05) is 146 Å². The SMILES string of the molecule is C#CCc1ccccc1CP(=O)(Cl)Cl.C#CCc1ccccc1CP(=O)(F)Oc1ccccc1C.C#CCc1ccccc1CP(=O)(Oc1ccccc1C)Oc1ccccc1C.Cc1ccccc1O. The Balaban J connectivity index is 0.000000224. The summed E-state index contributed by atoms with van der Waals surface area (Å²) in [7, 11) is -7.84. The number of aryl methyl sites for hydroxylation is 4. The predicted octanol–water partition coefficient (Wildman–Crippen LogP) is 17.0. The maximum absolute atomic E-state index is 14.3. The molecular formula is C58H56Cl2FO7P3. The van der Waals surface area contributed by atoms with Gasteiger partial charge in [0, 0.05) is 19.3 Å². The van der Waals surface area contributed by atoms with Crippen molar-refractivity contribution in [1.82, 2.24) is 0 Å². The normalized spacial score (nSPS) is 11.4. The van der Waals surface area contributed by atoms with Crippen LogP contribution in [0.1, 0.15) is 55.6 Å². The Bertz CT molecular complexity index is 3060. The fourth-order valence-electron chi connectivity index (χ4n) is 6.69. The molecular weight excluding hydrogens is 991 g/mol. The molecule has 0 heterocycles. The van der Waals surface area contributed by atoms with Crippen molar-refractivity contribution in [2.45, 2.75) is 65.4 Å². The third-order valence-electron chi connectivity index (χ3n) is 10.4. The molecule has 0 saturated heterocycles. The molecule has 13 heteroatoms. The molecule has 0 aliphatic carbocycles. The fourth-order valence-corrected chi connectivity index (χ4v) is 11.4. The second kappa shape index (κ2) is 28.5. The minimum atomic E-state index is -4.28. The van der Waals surface area contributed by atoms with E-state index in [2.05, 4.69) is 17.8 Å². The van der Waals surface area contributed by atoms with Crippen molar-refractivity contribution in [3.63, 3.8) is 0 Å². The van der Waals surface area contributed by atoms with E-state index in [4.69, 9.17) is 60.4 Å². The quantitative estimate of drug-likeness (QED) is 0.0806. The third kappa shape index (κ3) is 20.1. The van der Waals surface area contributed by atoms with Crippen LogP contribution in [0.2, 0.25) is 0 Å². The monoisotopic (exact) mass is 1050 g/mol. The van der Waals surface area contributed by atoms with Crippen LogP contribution in [0.25, 0.3) is 0 Å². The highest BCUT2D eigenvalue weighted by atomic mass is 35.9. The number of phenols is 1. The number of para-hydroxylation sites is 4. The van der Waals surface area contributed by atoms with Crippen LogP contribution >= 0.6 is 43.6 Å². The Morgan fingerprint density at radius 1 is 0.437 bits per heavy atom. The average Bonchev–Trinajstić information content (AvgIpc) is 3.32. The lowest BCUT2D eigenvalue weighted by molar-refractivity contribution is 0.382. The van der Waals surface area contributed by atoms with Crippen LogP contribution in [0.4, 0.5) is 4.20 Å². The third-order valence-corrected chi connectivity index (χ3v) is 14.7. The van der Waals surface area contributed by atoms with E-state index < -0.39 is 21.1 Å². The Kier molecular flexibility index (Phi) is 22.9. The lowest BCUT2D eigenvalue weighted by atomic mass is 10.1. The van der Waals surface area contributed by atoms with E-state index in [1.165, 1.54) is 0 Å². The van der Waals surface area contributed by atoms with E-state index in [0.717, 1.165) is 50.1 Å². The number of halogens is 3. The number of rotatable bonds is 15. The largest absolute Gasteiger partial charge is 0.508 e. The van der Waals surface area contributed by atoms with E-state index in [1.807, 2.05) is 142 Å². The molecule has 7 rings (SSSR count). The van der Waals surface area contributed by atoms with Gasteiger partial charge in [-0.3, -0.25) is 4.57 Å². The van der Waals surface area contributed by atoms with Gasteiger partial charge in [-0.15, -0.1) is 41.2 Å². The number of aromatic hydroxyl groups is 1. The highest BCUT2D eigenvalue weighted by molar-refractivity contribution is 8.08. The van der Waals surface area contributed by atoms with Crippen LogP contribution < -0.4 is 13.6 Å². The van der Waals surface area contributed by atoms with Gasteiger partial charge in [-0.05, 0) is 130 Å². The smallest absolute Gasteiger partial charge is 0.435 e. The van der Waals surface area contributed by atoms with Crippen LogP contribution in [0.5, 0.6) is 23.0 Å². The first-order valence-electron chi connectivity index (χ1n) is 22.2. The van der Waals surface area contributed by atoms with E-state index in [9.17, 15) is 17.9 Å². The summed E-state index contributed by atoms with van der Waals surface area (Å²) in [5.41, 5.74) is 8.51. The molecule has 7 aromatic rings. The molecule has 71 heavy (non-hydrogen) atoms. The van der Waals surface area contributed by atoms with E-state index in [-0.39, 0.29) is 18.5 Å². The zero-order chi connectivity index (χ0) is 51.9. The van der Waals surface area contributed by atoms with Crippen molar-refractivity contribution in [2.24, 2.45) is 0 Å². The Morgan fingerprint density at radius 2 is 0.732 bits per heavy atom. The van der Waals surface area contributed by atoms with Crippen LogP contribution in [0, 0.1) is 64.7 Å². The molecule has 0 aromatic heterocycles. The highest BCUT2D eigenvalue weighted by Crippen LogP contribution is 2.59. The summed E-state index contributed by atoms with van der Waals surface area (Å²) in [5, 5.41) is 8.92. The molecule has 0 aliphatic rings. The Morgan fingerprint density at radius 3 is 1.06 bits per heavy atom. The zero-order valence-corrected chi connectivity index (χ0v) is 44.2. The topological polar surface area (TPSA) is 99.1 Å². The van der Waals surface area contributed by atoms with Crippen LogP contribution in [-0.4, -0.2) is 5.11 Å². The molecule has 0 bridgehead atoms. The van der Waals surface area contributed by atoms with E-state index >= 15 is 0 Å². The van der Waals surface area contributed by atoms with Gasteiger partial charge >= 0.3 is 15.3 Å². The number of phenolic OH excluding ortho intramolecular Hbond substituents is 1.